The van der Waals surface area contributed by atoms with Gasteiger partial charge in [0.15, 0.2) is 11.5 Å². The summed E-state index contributed by atoms with van der Waals surface area (Å²) in [6.45, 7) is 1.72. The first-order valence-electron chi connectivity index (χ1n) is 7.60. The molecule has 0 aliphatic heterocycles. The number of aromatic nitrogens is 3. The van der Waals surface area contributed by atoms with Gasteiger partial charge in [-0.15, -0.1) is 5.10 Å². The lowest BCUT2D eigenvalue weighted by atomic mass is 10.2. The van der Waals surface area contributed by atoms with Gasteiger partial charge >= 0.3 is 0 Å². The van der Waals surface area contributed by atoms with Crippen LogP contribution in [0.4, 0.5) is 0 Å². The first-order chi connectivity index (χ1) is 12.1. The zero-order valence-corrected chi connectivity index (χ0v) is 13.7. The van der Waals surface area contributed by atoms with Gasteiger partial charge < -0.3 is 9.84 Å². The molecule has 0 radical (unpaired) electrons. The van der Waals surface area contributed by atoms with Crippen LogP contribution in [0.15, 0.2) is 47.6 Å². The number of ether oxygens (including phenoxy) is 1. The Labute approximate surface area is 143 Å². The van der Waals surface area contributed by atoms with Crippen molar-refractivity contribution in [3.05, 3.63) is 48.0 Å². The van der Waals surface area contributed by atoms with Crippen molar-refractivity contribution in [3.8, 4) is 11.5 Å². The number of aromatic hydroxyl groups is 1. The van der Waals surface area contributed by atoms with Gasteiger partial charge in [-0.2, -0.15) is 5.10 Å². The summed E-state index contributed by atoms with van der Waals surface area (Å²) in [5.41, 5.74) is 4.65. The van der Waals surface area contributed by atoms with Crippen LogP contribution in [-0.2, 0) is 4.79 Å². The van der Waals surface area contributed by atoms with Crippen molar-refractivity contribution in [1.29, 1.82) is 0 Å². The number of phenolic OH excluding ortho intramolecular Hbond substituents is 1. The molecule has 8 nitrogen and oxygen atoms in total. The van der Waals surface area contributed by atoms with Crippen LogP contribution in [0.3, 0.4) is 0 Å². The van der Waals surface area contributed by atoms with E-state index < -0.39 is 6.04 Å². The molecular weight excluding hydrogens is 322 g/mol. The molecule has 1 heterocycles. The summed E-state index contributed by atoms with van der Waals surface area (Å²) in [7, 11) is 1.46. The Kier molecular flexibility index (Phi) is 4.60. The molecule has 1 atom stereocenters. The van der Waals surface area contributed by atoms with Crippen LogP contribution >= 0.6 is 0 Å². The van der Waals surface area contributed by atoms with Crippen LogP contribution in [0, 0.1) is 0 Å². The second-order valence-electron chi connectivity index (χ2n) is 5.36. The van der Waals surface area contributed by atoms with E-state index in [1.807, 2.05) is 24.3 Å². The lowest BCUT2D eigenvalue weighted by molar-refractivity contribution is -0.124. The Hall–Kier alpha value is -3.42. The Morgan fingerprint density at radius 1 is 1.36 bits per heavy atom. The van der Waals surface area contributed by atoms with Gasteiger partial charge in [0.2, 0.25) is 0 Å². The number of phenols is 1. The molecule has 0 aliphatic rings. The van der Waals surface area contributed by atoms with Gasteiger partial charge in [0.05, 0.1) is 18.8 Å². The Morgan fingerprint density at radius 3 is 2.96 bits per heavy atom. The molecule has 0 saturated carbocycles. The zero-order valence-electron chi connectivity index (χ0n) is 13.7. The molecule has 0 saturated heterocycles. The van der Waals surface area contributed by atoms with Gasteiger partial charge in [-0.05, 0) is 42.8 Å². The number of hydrogen-bond acceptors (Lipinski definition) is 6. The number of carbonyl (C=O) groups excluding carboxylic acids is 1. The largest absolute Gasteiger partial charge is 0.504 e. The fraction of sp³-hybridized carbons (Fsp3) is 0.176. The number of rotatable bonds is 5. The third-order valence-corrected chi connectivity index (χ3v) is 3.72. The SMILES string of the molecule is COc1cc(C=NNC(=O)[C@H](C)n2nnc3ccccc32)ccc1O. The van der Waals surface area contributed by atoms with Crippen molar-refractivity contribution < 1.29 is 14.6 Å². The highest BCUT2D eigenvalue weighted by molar-refractivity contribution is 5.85. The topological polar surface area (TPSA) is 102 Å². The number of amides is 1. The van der Waals surface area contributed by atoms with Crippen molar-refractivity contribution >= 4 is 23.2 Å². The summed E-state index contributed by atoms with van der Waals surface area (Å²) in [5, 5.41) is 21.6. The van der Waals surface area contributed by atoms with E-state index in [2.05, 4.69) is 20.8 Å². The van der Waals surface area contributed by atoms with E-state index in [0.717, 1.165) is 11.0 Å². The minimum atomic E-state index is -0.570. The standard InChI is InChI=1S/C17H17N5O3/c1-11(22-14-6-4-3-5-13(14)19-21-22)17(24)20-18-10-12-7-8-15(23)16(9-12)25-2/h3-11,23H,1-2H3,(H,20,24)/t11-/m0/s1. The summed E-state index contributed by atoms with van der Waals surface area (Å²) in [6, 6.07) is 11.6. The number of hydrazone groups is 1. The molecule has 128 valence electrons. The molecule has 3 rings (SSSR count). The van der Waals surface area contributed by atoms with Gasteiger partial charge in [0, 0.05) is 0 Å². The predicted molar refractivity (Wildman–Crippen MR) is 92.6 cm³/mol. The van der Waals surface area contributed by atoms with E-state index in [4.69, 9.17) is 4.74 Å². The molecule has 0 bridgehead atoms. The van der Waals surface area contributed by atoms with Crippen molar-refractivity contribution in [2.24, 2.45) is 5.10 Å². The Bertz CT molecular complexity index is 935. The number of carbonyl (C=O) groups is 1. The highest BCUT2D eigenvalue weighted by Crippen LogP contribution is 2.25. The van der Waals surface area contributed by atoms with Gasteiger partial charge in [-0.25, -0.2) is 10.1 Å². The molecule has 25 heavy (non-hydrogen) atoms. The summed E-state index contributed by atoms with van der Waals surface area (Å²) >= 11 is 0. The van der Waals surface area contributed by atoms with E-state index >= 15 is 0 Å². The molecule has 0 aliphatic carbocycles. The Balaban J connectivity index is 1.69. The molecule has 0 spiro atoms. The average molecular weight is 339 g/mol. The molecular formula is C17H17N5O3. The van der Waals surface area contributed by atoms with E-state index in [0.29, 0.717) is 11.3 Å². The maximum absolute atomic E-state index is 12.3. The van der Waals surface area contributed by atoms with Gasteiger partial charge in [-0.3, -0.25) is 4.79 Å². The van der Waals surface area contributed by atoms with Gasteiger partial charge in [0.1, 0.15) is 11.6 Å². The monoisotopic (exact) mass is 339 g/mol. The second kappa shape index (κ2) is 7.00. The fourth-order valence-electron chi connectivity index (χ4n) is 2.32. The van der Waals surface area contributed by atoms with Crippen LogP contribution < -0.4 is 10.2 Å². The molecule has 8 heteroatoms. The minimum Gasteiger partial charge on any atom is -0.504 e. The minimum absolute atomic E-state index is 0.0374. The number of hydrogen-bond donors (Lipinski definition) is 2. The number of nitrogens with zero attached hydrogens (tertiary/aromatic N) is 4. The van der Waals surface area contributed by atoms with Crippen molar-refractivity contribution in [1.82, 2.24) is 20.4 Å². The van der Waals surface area contributed by atoms with Crippen molar-refractivity contribution in [2.75, 3.05) is 7.11 Å². The zero-order chi connectivity index (χ0) is 17.8. The highest BCUT2D eigenvalue weighted by Gasteiger charge is 2.18. The number of para-hydroxylation sites is 1. The smallest absolute Gasteiger partial charge is 0.264 e. The van der Waals surface area contributed by atoms with Crippen LogP contribution in [0.1, 0.15) is 18.5 Å². The molecule has 2 N–H and O–H groups in total. The highest BCUT2D eigenvalue weighted by atomic mass is 16.5. The van der Waals surface area contributed by atoms with E-state index in [1.54, 1.807) is 23.7 Å². The summed E-state index contributed by atoms with van der Waals surface area (Å²) in [4.78, 5) is 12.3. The van der Waals surface area contributed by atoms with Gasteiger partial charge in [0.25, 0.3) is 5.91 Å². The quantitative estimate of drug-likeness (QED) is 0.546. The third-order valence-electron chi connectivity index (χ3n) is 3.72. The van der Waals surface area contributed by atoms with Crippen LogP contribution in [0.5, 0.6) is 11.5 Å². The maximum Gasteiger partial charge on any atom is 0.264 e. The molecule has 0 fully saturated rings. The van der Waals surface area contributed by atoms with Crippen LogP contribution in [0.25, 0.3) is 11.0 Å². The van der Waals surface area contributed by atoms with Crippen molar-refractivity contribution in [2.45, 2.75) is 13.0 Å². The first kappa shape index (κ1) is 16.4. The maximum atomic E-state index is 12.3. The lowest BCUT2D eigenvalue weighted by Crippen LogP contribution is -2.28. The van der Waals surface area contributed by atoms with Crippen molar-refractivity contribution in [3.63, 3.8) is 0 Å². The first-order valence-corrected chi connectivity index (χ1v) is 7.60. The number of nitrogens with one attached hydrogen (secondary N) is 1. The molecule has 2 aromatic carbocycles. The van der Waals surface area contributed by atoms with Crippen LogP contribution in [0.2, 0.25) is 0 Å². The third kappa shape index (κ3) is 3.42. The van der Waals surface area contributed by atoms with E-state index in [9.17, 15) is 9.90 Å². The predicted octanol–water partition coefficient (Wildman–Crippen LogP) is 1.86. The fourth-order valence-corrected chi connectivity index (χ4v) is 2.32. The molecule has 1 amide bonds. The number of methoxy groups -OCH3 is 1. The van der Waals surface area contributed by atoms with E-state index in [-0.39, 0.29) is 11.7 Å². The number of benzene rings is 2. The molecule has 3 aromatic rings. The van der Waals surface area contributed by atoms with Crippen LogP contribution in [-0.4, -0.2) is 39.3 Å². The van der Waals surface area contributed by atoms with E-state index in [1.165, 1.54) is 19.4 Å². The molecule has 1 aromatic heterocycles. The van der Waals surface area contributed by atoms with Gasteiger partial charge in [-0.1, -0.05) is 17.3 Å². The summed E-state index contributed by atoms with van der Waals surface area (Å²) in [6.07, 6.45) is 1.46. The molecule has 0 unspecified atom stereocenters. The normalized spacial score (nSPS) is 12.4. The summed E-state index contributed by atoms with van der Waals surface area (Å²) in [5.74, 6) is 0.0470. The average Bonchev–Trinajstić information content (AvgIpc) is 3.06. The number of fused-ring (bicyclic) bond motifs is 1. The summed E-state index contributed by atoms with van der Waals surface area (Å²) < 4.78 is 6.57. The second-order valence-corrected chi connectivity index (χ2v) is 5.36. The Morgan fingerprint density at radius 2 is 2.16 bits per heavy atom. The lowest BCUT2D eigenvalue weighted by Gasteiger charge is -2.10.